The van der Waals surface area contributed by atoms with E-state index in [2.05, 4.69) is 52.1 Å². The van der Waals surface area contributed by atoms with Crippen molar-refractivity contribution in [2.24, 2.45) is 0 Å². The molecule has 0 saturated heterocycles. The van der Waals surface area contributed by atoms with Crippen molar-refractivity contribution in [3.05, 3.63) is 81.3 Å². The highest BCUT2D eigenvalue weighted by Crippen LogP contribution is 2.46. The Morgan fingerprint density at radius 2 is 1.69 bits per heavy atom. The number of phenols is 1. The fourth-order valence-electron chi connectivity index (χ4n) is 4.52. The molecule has 0 atom stereocenters. The predicted octanol–water partition coefficient (Wildman–Crippen LogP) is 7.14. The fourth-order valence-corrected chi connectivity index (χ4v) is 4.70. The van der Waals surface area contributed by atoms with Gasteiger partial charge in [0.15, 0.2) is 5.76 Å². The van der Waals surface area contributed by atoms with Crippen LogP contribution in [0.1, 0.15) is 79.1 Å². The molecular weight excluding hydrogens is 422 g/mol. The lowest BCUT2D eigenvalue weighted by Crippen LogP contribution is -2.34. The zero-order valence-electron chi connectivity index (χ0n) is 19.3. The molecule has 0 radical (unpaired) electrons. The molecule has 3 aromatic rings. The first kappa shape index (κ1) is 22.5. The smallest absolute Gasteiger partial charge is 0.291 e. The van der Waals surface area contributed by atoms with Gasteiger partial charge in [0.05, 0.1) is 5.02 Å². The number of hydrogen-bond donors (Lipinski definition) is 2. The van der Waals surface area contributed by atoms with E-state index in [4.69, 9.17) is 16.0 Å². The Labute approximate surface area is 194 Å². The van der Waals surface area contributed by atoms with E-state index >= 15 is 0 Å². The summed E-state index contributed by atoms with van der Waals surface area (Å²) in [7, 11) is 0. The average molecular weight is 452 g/mol. The number of furan rings is 1. The van der Waals surface area contributed by atoms with Crippen LogP contribution in [0.4, 0.5) is 5.69 Å². The summed E-state index contributed by atoms with van der Waals surface area (Å²) < 4.78 is 5.87. The van der Waals surface area contributed by atoms with Crippen molar-refractivity contribution in [3.63, 3.8) is 0 Å². The number of nitrogens with one attached hydrogen (secondary N) is 1. The lowest BCUT2D eigenvalue weighted by molar-refractivity contribution is 0.0995. The lowest BCUT2D eigenvalue weighted by atomic mass is 9.62. The Bertz CT molecular complexity index is 1190. The van der Waals surface area contributed by atoms with E-state index < -0.39 is 0 Å². The maximum absolute atomic E-state index is 12.6. The van der Waals surface area contributed by atoms with Crippen LogP contribution in [0, 0.1) is 6.92 Å². The summed E-state index contributed by atoms with van der Waals surface area (Å²) in [6.07, 6.45) is 2.99. The summed E-state index contributed by atoms with van der Waals surface area (Å²) in [6.45, 7) is 11.5. The van der Waals surface area contributed by atoms with Gasteiger partial charge in [0.1, 0.15) is 11.5 Å². The van der Waals surface area contributed by atoms with Gasteiger partial charge in [0, 0.05) is 12.1 Å². The van der Waals surface area contributed by atoms with E-state index in [0.29, 0.717) is 12.1 Å². The van der Waals surface area contributed by atoms with Gasteiger partial charge in [-0.1, -0.05) is 51.4 Å². The molecule has 0 spiro atoms. The zero-order valence-corrected chi connectivity index (χ0v) is 20.1. The van der Waals surface area contributed by atoms with Crippen LogP contribution in [0.25, 0.3) is 0 Å². The minimum atomic E-state index is -0.358. The molecule has 1 aliphatic rings. The van der Waals surface area contributed by atoms with Gasteiger partial charge >= 0.3 is 0 Å². The number of carbonyl (C=O) groups excluding carboxylic acids is 1. The molecule has 0 saturated carbocycles. The molecule has 168 valence electrons. The second kappa shape index (κ2) is 8.00. The highest BCUT2D eigenvalue weighted by atomic mass is 35.5. The van der Waals surface area contributed by atoms with E-state index in [1.165, 1.54) is 47.2 Å². The third kappa shape index (κ3) is 4.29. The molecule has 5 heteroatoms. The fraction of sp³-hybridized carbons (Fsp3) is 0.370. The number of anilines is 1. The van der Waals surface area contributed by atoms with Gasteiger partial charge in [0.2, 0.25) is 0 Å². The molecule has 0 fully saturated rings. The molecule has 1 amide bonds. The number of rotatable bonds is 4. The van der Waals surface area contributed by atoms with Crippen molar-refractivity contribution in [2.45, 2.75) is 64.7 Å². The van der Waals surface area contributed by atoms with Gasteiger partial charge in [0.25, 0.3) is 5.91 Å². The van der Waals surface area contributed by atoms with Crippen LogP contribution >= 0.6 is 11.6 Å². The second-order valence-corrected chi connectivity index (χ2v) is 10.6. The summed E-state index contributed by atoms with van der Waals surface area (Å²) in [6, 6.07) is 12.7. The number of amides is 1. The molecule has 4 rings (SSSR count). The van der Waals surface area contributed by atoms with Crippen LogP contribution in [0.15, 0.2) is 46.9 Å². The monoisotopic (exact) mass is 451 g/mol. The Morgan fingerprint density at radius 3 is 2.34 bits per heavy atom. The normalized spacial score (nSPS) is 16.4. The minimum Gasteiger partial charge on any atom is -0.506 e. The molecule has 32 heavy (non-hydrogen) atoms. The van der Waals surface area contributed by atoms with Crippen LogP contribution in [0.3, 0.4) is 0 Å². The summed E-state index contributed by atoms with van der Waals surface area (Å²) >= 11 is 5.92. The van der Waals surface area contributed by atoms with E-state index in [0.717, 1.165) is 5.76 Å². The van der Waals surface area contributed by atoms with Crippen LogP contribution < -0.4 is 5.32 Å². The lowest BCUT2D eigenvalue weighted by Gasteiger charge is -2.42. The SMILES string of the molecule is Cc1cc2c(cc1Cc1ccc(C(=O)Nc3ccc(O)c(Cl)c3)o1)C(C)(C)CCC2(C)C. The average Bonchev–Trinajstić information content (AvgIpc) is 3.18. The quantitative estimate of drug-likeness (QED) is 0.414. The van der Waals surface area contributed by atoms with Gasteiger partial charge in [-0.05, 0) is 83.2 Å². The third-order valence-electron chi connectivity index (χ3n) is 6.77. The van der Waals surface area contributed by atoms with Crippen molar-refractivity contribution < 1.29 is 14.3 Å². The first-order valence-corrected chi connectivity index (χ1v) is 11.4. The molecule has 1 aliphatic carbocycles. The molecular formula is C27H30ClNO3. The number of phenolic OH excluding ortho intramolecular Hbond substituents is 1. The topological polar surface area (TPSA) is 62.5 Å². The standard InChI is InChI=1S/C27H30ClNO3/c1-16-12-20-21(27(4,5)11-10-26(20,2)3)14-17(16)13-19-7-9-24(32-19)25(31)29-18-6-8-23(30)22(28)15-18/h6-9,12,14-15,30H,10-11,13H2,1-5H3,(H,29,31). The van der Waals surface area contributed by atoms with Crippen molar-refractivity contribution >= 4 is 23.2 Å². The zero-order chi connectivity index (χ0) is 23.3. The molecule has 1 heterocycles. The van der Waals surface area contributed by atoms with Gasteiger partial charge in [-0.25, -0.2) is 0 Å². The van der Waals surface area contributed by atoms with Crippen molar-refractivity contribution in [1.82, 2.24) is 0 Å². The van der Waals surface area contributed by atoms with E-state index in [9.17, 15) is 9.90 Å². The van der Waals surface area contributed by atoms with Crippen LogP contribution in [-0.4, -0.2) is 11.0 Å². The number of hydrogen-bond acceptors (Lipinski definition) is 3. The van der Waals surface area contributed by atoms with Crippen LogP contribution in [-0.2, 0) is 17.3 Å². The number of aromatic hydroxyl groups is 1. The molecule has 2 N–H and O–H groups in total. The van der Waals surface area contributed by atoms with Crippen molar-refractivity contribution in [1.29, 1.82) is 0 Å². The first-order chi connectivity index (χ1) is 15.0. The summed E-state index contributed by atoms with van der Waals surface area (Å²) in [5.41, 5.74) is 6.15. The van der Waals surface area contributed by atoms with Gasteiger partial charge in [-0.2, -0.15) is 0 Å². The van der Waals surface area contributed by atoms with Gasteiger partial charge in [-0.15, -0.1) is 0 Å². The Morgan fingerprint density at radius 1 is 1.03 bits per heavy atom. The molecule has 0 aliphatic heterocycles. The van der Waals surface area contributed by atoms with E-state index in [1.807, 2.05) is 6.07 Å². The largest absolute Gasteiger partial charge is 0.506 e. The predicted molar refractivity (Wildman–Crippen MR) is 129 cm³/mol. The van der Waals surface area contributed by atoms with Gasteiger partial charge < -0.3 is 14.8 Å². The second-order valence-electron chi connectivity index (χ2n) is 10.2. The van der Waals surface area contributed by atoms with E-state index in [-0.39, 0.29) is 33.3 Å². The Hall–Kier alpha value is -2.72. The molecule has 0 unspecified atom stereocenters. The maximum Gasteiger partial charge on any atom is 0.291 e. The summed E-state index contributed by atoms with van der Waals surface area (Å²) in [5.74, 6) is 0.594. The molecule has 1 aromatic heterocycles. The van der Waals surface area contributed by atoms with Gasteiger partial charge in [-0.3, -0.25) is 4.79 Å². The maximum atomic E-state index is 12.6. The molecule has 4 nitrogen and oxygen atoms in total. The first-order valence-electron chi connectivity index (χ1n) is 11.0. The number of halogens is 1. The Balaban J connectivity index is 1.56. The molecule has 0 bridgehead atoms. The van der Waals surface area contributed by atoms with Crippen LogP contribution in [0.2, 0.25) is 5.02 Å². The summed E-state index contributed by atoms with van der Waals surface area (Å²) in [4.78, 5) is 12.6. The Kier molecular flexibility index (Phi) is 5.62. The highest BCUT2D eigenvalue weighted by molar-refractivity contribution is 6.32. The minimum absolute atomic E-state index is 0.0306. The number of carbonyl (C=O) groups is 1. The third-order valence-corrected chi connectivity index (χ3v) is 7.07. The number of fused-ring (bicyclic) bond motifs is 1. The van der Waals surface area contributed by atoms with Crippen molar-refractivity contribution in [3.8, 4) is 5.75 Å². The van der Waals surface area contributed by atoms with Crippen LogP contribution in [0.5, 0.6) is 5.75 Å². The highest BCUT2D eigenvalue weighted by Gasteiger charge is 2.37. The summed E-state index contributed by atoms with van der Waals surface area (Å²) in [5, 5.41) is 12.5. The number of aryl methyl sites for hydroxylation is 1. The molecule has 2 aromatic carbocycles. The number of benzene rings is 2. The van der Waals surface area contributed by atoms with E-state index in [1.54, 1.807) is 12.1 Å². The van der Waals surface area contributed by atoms with Crippen molar-refractivity contribution in [2.75, 3.05) is 5.32 Å².